The van der Waals surface area contributed by atoms with E-state index in [-0.39, 0.29) is 11.4 Å². The molecule has 84 valence electrons. The predicted molar refractivity (Wildman–Crippen MR) is 61.1 cm³/mol. The Balaban J connectivity index is 2.63. The molecule has 0 saturated carbocycles. The molecular weight excluding hydrogens is 260 g/mol. The second-order valence-corrected chi connectivity index (χ2v) is 4.49. The van der Waals surface area contributed by atoms with Crippen LogP contribution in [-0.4, -0.2) is 21.9 Å². The minimum Gasteiger partial charge on any atom is -0.364 e. The zero-order valence-electron chi connectivity index (χ0n) is 8.92. The summed E-state index contributed by atoms with van der Waals surface area (Å²) < 4.78 is 4.62. The van der Waals surface area contributed by atoms with Crippen LogP contribution in [-0.2, 0) is 0 Å². The lowest BCUT2D eigenvalue weighted by Crippen LogP contribution is -2.45. The first kappa shape index (κ1) is 12.2. The van der Waals surface area contributed by atoms with Crippen molar-refractivity contribution >= 4 is 21.8 Å². The molecule has 1 unspecified atom stereocenters. The number of alkyl halides is 1. The van der Waals surface area contributed by atoms with Gasteiger partial charge in [0.2, 0.25) is 0 Å². The van der Waals surface area contributed by atoms with E-state index in [0.29, 0.717) is 5.69 Å². The van der Waals surface area contributed by atoms with Crippen molar-refractivity contribution in [2.45, 2.75) is 32.2 Å². The Hall–Kier alpha value is -0.840. The fourth-order valence-corrected chi connectivity index (χ4v) is 2.08. The Morgan fingerprint density at radius 2 is 2.47 bits per heavy atom. The van der Waals surface area contributed by atoms with Gasteiger partial charge in [0.05, 0.1) is 0 Å². The van der Waals surface area contributed by atoms with E-state index in [1.54, 1.807) is 6.07 Å². The number of halogens is 1. The van der Waals surface area contributed by atoms with Crippen LogP contribution in [0.15, 0.2) is 16.9 Å². The first-order valence-electron chi connectivity index (χ1n) is 4.90. The van der Waals surface area contributed by atoms with Crippen LogP contribution in [0.3, 0.4) is 0 Å². The summed E-state index contributed by atoms with van der Waals surface area (Å²) in [6.45, 7) is 4.07. The largest absolute Gasteiger partial charge is 0.364 e. The van der Waals surface area contributed by atoms with E-state index in [9.17, 15) is 4.79 Å². The average Bonchev–Trinajstić information content (AvgIpc) is 2.71. The summed E-state index contributed by atoms with van der Waals surface area (Å²) in [6, 6.07) is 1.56. The third kappa shape index (κ3) is 3.34. The van der Waals surface area contributed by atoms with Crippen molar-refractivity contribution < 1.29 is 9.32 Å². The van der Waals surface area contributed by atoms with Crippen molar-refractivity contribution in [2.24, 2.45) is 0 Å². The Morgan fingerprint density at radius 3 is 2.93 bits per heavy atom. The van der Waals surface area contributed by atoms with E-state index in [0.717, 1.165) is 18.2 Å². The summed E-state index contributed by atoms with van der Waals surface area (Å²) in [4.78, 5) is 11.7. The number of rotatable bonds is 5. The van der Waals surface area contributed by atoms with E-state index in [4.69, 9.17) is 0 Å². The SMILES string of the molecule is CCC(C)(CCBr)NC(=O)c1ccon1. The highest BCUT2D eigenvalue weighted by Gasteiger charge is 2.24. The molecule has 0 aliphatic heterocycles. The molecular formula is C10H15BrN2O2. The molecule has 1 aromatic heterocycles. The first-order chi connectivity index (χ1) is 7.11. The summed E-state index contributed by atoms with van der Waals surface area (Å²) >= 11 is 3.38. The van der Waals surface area contributed by atoms with Crippen molar-refractivity contribution in [3.05, 3.63) is 18.0 Å². The summed E-state index contributed by atoms with van der Waals surface area (Å²) in [6.07, 6.45) is 3.15. The van der Waals surface area contributed by atoms with Crippen molar-refractivity contribution in [1.29, 1.82) is 0 Å². The zero-order chi connectivity index (χ0) is 11.3. The van der Waals surface area contributed by atoms with Gasteiger partial charge in [0.15, 0.2) is 5.69 Å². The summed E-state index contributed by atoms with van der Waals surface area (Å²) in [5, 5.41) is 7.41. The third-order valence-electron chi connectivity index (χ3n) is 2.51. The molecule has 0 aromatic carbocycles. The maximum Gasteiger partial charge on any atom is 0.273 e. The number of hydrogen-bond acceptors (Lipinski definition) is 3. The van der Waals surface area contributed by atoms with Crippen LogP contribution in [0, 0.1) is 0 Å². The summed E-state index contributed by atoms with van der Waals surface area (Å²) in [7, 11) is 0. The molecule has 0 saturated heterocycles. The second kappa shape index (κ2) is 5.30. The first-order valence-corrected chi connectivity index (χ1v) is 6.02. The molecule has 1 N–H and O–H groups in total. The lowest BCUT2D eigenvalue weighted by atomic mass is 9.95. The van der Waals surface area contributed by atoms with Gasteiger partial charge in [-0.25, -0.2) is 0 Å². The number of carbonyl (C=O) groups is 1. The minimum atomic E-state index is -0.195. The Labute approximate surface area is 97.5 Å². The van der Waals surface area contributed by atoms with Crippen LogP contribution in [0.2, 0.25) is 0 Å². The molecule has 0 aliphatic rings. The monoisotopic (exact) mass is 274 g/mol. The smallest absolute Gasteiger partial charge is 0.273 e. The third-order valence-corrected chi connectivity index (χ3v) is 2.91. The van der Waals surface area contributed by atoms with Crippen molar-refractivity contribution in [2.75, 3.05) is 5.33 Å². The lowest BCUT2D eigenvalue weighted by Gasteiger charge is -2.28. The van der Waals surface area contributed by atoms with Gasteiger partial charge in [-0.15, -0.1) is 0 Å². The average molecular weight is 275 g/mol. The van der Waals surface area contributed by atoms with Crippen LogP contribution < -0.4 is 5.32 Å². The second-order valence-electron chi connectivity index (χ2n) is 3.69. The number of carbonyl (C=O) groups excluding carboxylic acids is 1. The van der Waals surface area contributed by atoms with E-state index in [2.05, 4.69) is 30.9 Å². The van der Waals surface area contributed by atoms with Crippen LogP contribution in [0.1, 0.15) is 37.2 Å². The van der Waals surface area contributed by atoms with E-state index in [1.165, 1.54) is 6.26 Å². The molecule has 0 fully saturated rings. The standard InChI is InChI=1S/C10H15BrN2O2/c1-3-10(2,5-6-11)12-9(14)8-4-7-15-13-8/h4,7H,3,5-6H2,1-2H3,(H,12,14). The number of nitrogens with zero attached hydrogens (tertiary/aromatic N) is 1. The molecule has 0 aliphatic carbocycles. The number of aromatic nitrogens is 1. The molecule has 1 aromatic rings. The van der Waals surface area contributed by atoms with Crippen LogP contribution in [0.4, 0.5) is 0 Å². The molecule has 1 atom stereocenters. The van der Waals surface area contributed by atoms with E-state index < -0.39 is 0 Å². The van der Waals surface area contributed by atoms with Gasteiger partial charge in [-0.1, -0.05) is 28.0 Å². The van der Waals surface area contributed by atoms with Gasteiger partial charge in [-0.3, -0.25) is 4.79 Å². The lowest BCUT2D eigenvalue weighted by molar-refractivity contribution is 0.0892. The molecule has 0 radical (unpaired) electrons. The molecule has 0 bridgehead atoms. The van der Waals surface area contributed by atoms with Gasteiger partial charge in [-0.05, 0) is 19.8 Å². The molecule has 4 nitrogen and oxygen atoms in total. The fourth-order valence-electron chi connectivity index (χ4n) is 1.20. The summed E-state index contributed by atoms with van der Waals surface area (Å²) in [5.41, 5.74) is 0.128. The van der Waals surface area contributed by atoms with Crippen molar-refractivity contribution in [1.82, 2.24) is 10.5 Å². The molecule has 0 spiro atoms. The van der Waals surface area contributed by atoms with Crippen LogP contribution in [0.25, 0.3) is 0 Å². The highest BCUT2D eigenvalue weighted by Crippen LogP contribution is 2.16. The van der Waals surface area contributed by atoms with Gasteiger partial charge < -0.3 is 9.84 Å². The molecule has 1 amide bonds. The van der Waals surface area contributed by atoms with Gasteiger partial charge >= 0.3 is 0 Å². The Morgan fingerprint density at radius 1 is 1.73 bits per heavy atom. The summed E-state index contributed by atoms with van der Waals surface area (Å²) in [5.74, 6) is -0.186. The quantitative estimate of drug-likeness (QED) is 0.839. The number of nitrogens with one attached hydrogen (secondary N) is 1. The van der Waals surface area contributed by atoms with Crippen LogP contribution >= 0.6 is 15.9 Å². The Kier molecular flexibility index (Phi) is 4.32. The molecule has 1 rings (SSSR count). The highest BCUT2D eigenvalue weighted by molar-refractivity contribution is 9.09. The van der Waals surface area contributed by atoms with Crippen molar-refractivity contribution in [3.8, 4) is 0 Å². The number of hydrogen-bond donors (Lipinski definition) is 1. The van der Waals surface area contributed by atoms with Gasteiger partial charge in [0.1, 0.15) is 6.26 Å². The van der Waals surface area contributed by atoms with Gasteiger partial charge in [0, 0.05) is 16.9 Å². The maximum atomic E-state index is 11.7. The van der Waals surface area contributed by atoms with E-state index in [1.807, 2.05) is 13.8 Å². The predicted octanol–water partition coefficient (Wildman–Crippen LogP) is 2.36. The van der Waals surface area contributed by atoms with Crippen LogP contribution in [0.5, 0.6) is 0 Å². The van der Waals surface area contributed by atoms with E-state index >= 15 is 0 Å². The molecule has 1 heterocycles. The van der Waals surface area contributed by atoms with Gasteiger partial charge in [-0.2, -0.15) is 0 Å². The fraction of sp³-hybridized carbons (Fsp3) is 0.600. The molecule has 5 heteroatoms. The molecule has 15 heavy (non-hydrogen) atoms. The van der Waals surface area contributed by atoms with Crippen molar-refractivity contribution in [3.63, 3.8) is 0 Å². The number of amides is 1. The normalized spacial score (nSPS) is 14.6. The maximum absolute atomic E-state index is 11.7. The zero-order valence-corrected chi connectivity index (χ0v) is 10.5. The highest BCUT2D eigenvalue weighted by atomic mass is 79.9. The Bertz CT molecular complexity index is 313. The van der Waals surface area contributed by atoms with Gasteiger partial charge in [0.25, 0.3) is 5.91 Å². The topological polar surface area (TPSA) is 55.1 Å². The minimum absolute atomic E-state index is 0.186.